The van der Waals surface area contributed by atoms with Crippen LogP contribution in [0, 0.1) is 44.4 Å². The smallest absolute Gasteiger partial charge is 0.0474 e. The van der Waals surface area contributed by atoms with Gasteiger partial charge in [-0.15, -0.1) is 0 Å². The van der Waals surface area contributed by atoms with Crippen molar-refractivity contribution in [2.75, 3.05) is 0 Å². The molecule has 0 aromatic heterocycles. The molecule has 4 aromatic carbocycles. The first-order valence-electron chi connectivity index (χ1n) is 19.9. The quantitative estimate of drug-likeness (QED) is 0.185. The molecule has 0 radical (unpaired) electrons. The molecule has 2 unspecified atom stereocenters. The molecular formula is C50H58. The van der Waals surface area contributed by atoms with E-state index in [-0.39, 0.29) is 10.8 Å². The fraction of sp³-hybridized carbons (Fsp3) is 0.440. The van der Waals surface area contributed by atoms with Crippen LogP contribution in [0.3, 0.4) is 0 Å². The number of rotatable bonds is 7. The Morgan fingerprint density at radius 1 is 0.740 bits per heavy atom. The van der Waals surface area contributed by atoms with Gasteiger partial charge in [-0.05, 0) is 154 Å². The Labute approximate surface area is 302 Å². The molecule has 4 aromatic rings. The predicted molar refractivity (Wildman–Crippen MR) is 217 cm³/mol. The highest BCUT2D eigenvalue weighted by atomic mass is 14.6. The summed E-state index contributed by atoms with van der Waals surface area (Å²) in [5.74, 6) is 2.02. The number of hydrogen-bond donors (Lipinski definition) is 0. The molecule has 0 N–H and O–H groups in total. The Morgan fingerprint density at radius 2 is 1.42 bits per heavy atom. The minimum Gasteiger partial charge on any atom is -0.0654 e. The molecule has 0 heterocycles. The van der Waals surface area contributed by atoms with Crippen molar-refractivity contribution in [3.63, 3.8) is 0 Å². The van der Waals surface area contributed by atoms with Gasteiger partial charge < -0.3 is 0 Å². The third-order valence-corrected chi connectivity index (χ3v) is 13.8. The summed E-state index contributed by atoms with van der Waals surface area (Å²) in [6.45, 7) is 26.8. The van der Waals surface area contributed by atoms with E-state index in [2.05, 4.69) is 143 Å². The highest BCUT2D eigenvalue weighted by molar-refractivity contribution is 6.11. The maximum atomic E-state index is 2.85. The predicted octanol–water partition coefficient (Wildman–Crippen LogP) is 13.8. The van der Waals surface area contributed by atoms with E-state index in [1.807, 2.05) is 0 Å². The molecule has 2 atom stereocenters. The summed E-state index contributed by atoms with van der Waals surface area (Å²) in [7, 11) is 0. The molecule has 4 aliphatic rings. The van der Waals surface area contributed by atoms with Crippen LogP contribution in [0.25, 0.3) is 33.0 Å². The van der Waals surface area contributed by atoms with Crippen molar-refractivity contribution >= 4 is 21.9 Å². The zero-order valence-corrected chi connectivity index (χ0v) is 32.7. The van der Waals surface area contributed by atoms with Crippen LogP contribution in [0.2, 0.25) is 0 Å². The van der Waals surface area contributed by atoms with Gasteiger partial charge in [-0.2, -0.15) is 0 Å². The van der Waals surface area contributed by atoms with E-state index in [1.165, 1.54) is 75.4 Å². The molecule has 0 saturated heterocycles. The normalized spacial score (nSPS) is 21.3. The largest absolute Gasteiger partial charge is 0.0654 e. The first-order valence-corrected chi connectivity index (χ1v) is 19.9. The molecule has 0 bridgehead atoms. The zero-order chi connectivity index (χ0) is 35.4. The number of allylic oxidation sites excluding steroid dienone is 6. The van der Waals surface area contributed by atoms with Crippen LogP contribution in [-0.2, 0) is 17.3 Å². The van der Waals surface area contributed by atoms with Gasteiger partial charge in [0.2, 0.25) is 0 Å². The molecule has 0 aliphatic heterocycles. The topological polar surface area (TPSA) is 0 Å². The first kappa shape index (κ1) is 33.5. The monoisotopic (exact) mass is 658 g/mol. The van der Waals surface area contributed by atoms with E-state index in [4.69, 9.17) is 0 Å². The van der Waals surface area contributed by atoms with Crippen molar-refractivity contribution in [3.05, 3.63) is 128 Å². The average molecular weight is 659 g/mol. The van der Waals surface area contributed by atoms with Gasteiger partial charge in [-0.1, -0.05) is 133 Å². The SMILES string of the molecule is CCC(CC)C1=CC2(c3ccc4c(c3-c3cc(C)c5c(C)cc(C)cc5c32)C(C)(C)C2=C4Cc3ccccc32)C(C(C)C)C(C(CC)CC)=C1. The molecule has 8 rings (SSSR count). The van der Waals surface area contributed by atoms with Gasteiger partial charge in [0.15, 0.2) is 0 Å². The van der Waals surface area contributed by atoms with Gasteiger partial charge in [0.25, 0.3) is 0 Å². The highest BCUT2D eigenvalue weighted by Crippen LogP contribution is 2.67. The van der Waals surface area contributed by atoms with E-state index in [0.29, 0.717) is 23.7 Å². The third-order valence-electron chi connectivity index (χ3n) is 13.8. The van der Waals surface area contributed by atoms with Crippen molar-refractivity contribution in [1.29, 1.82) is 0 Å². The molecular weight excluding hydrogens is 601 g/mol. The Balaban J connectivity index is 1.55. The van der Waals surface area contributed by atoms with Gasteiger partial charge >= 0.3 is 0 Å². The molecule has 258 valence electrons. The van der Waals surface area contributed by atoms with Crippen molar-refractivity contribution in [2.45, 2.75) is 119 Å². The van der Waals surface area contributed by atoms with Gasteiger partial charge in [-0.3, -0.25) is 0 Å². The Kier molecular flexibility index (Phi) is 7.84. The van der Waals surface area contributed by atoms with Crippen molar-refractivity contribution in [2.24, 2.45) is 23.7 Å². The average Bonchev–Trinajstić information content (AvgIpc) is 3.66. The van der Waals surface area contributed by atoms with Gasteiger partial charge in [0.05, 0.1) is 0 Å². The van der Waals surface area contributed by atoms with E-state index >= 15 is 0 Å². The van der Waals surface area contributed by atoms with Crippen molar-refractivity contribution in [1.82, 2.24) is 0 Å². The second-order valence-corrected chi connectivity index (χ2v) is 17.2. The summed E-state index contributed by atoms with van der Waals surface area (Å²) < 4.78 is 0. The molecule has 50 heavy (non-hydrogen) atoms. The van der Waals surface area contributed by atoms with Crippen LogP contribution in [-0.4, -0.2) is 0 Å². The van der Waals surface area contributed by atoms with E-state index in [1.54, 1.807) is 44.5 Å². The molecule has 0 heteroatoms. The summed E-state index contributed by atoms with van der Waals surface area (Å²) in [6, 6.07) is 22.0. The summed E-state index contributed by atoms with van der Waals surface area (Å²) in [4.78, 5) is 0. The van der Waals surface area contributed by atoms with Crippen molar-refractivity contribution in [3.8, 4) is 11.1 Å². The number of benzene rings is 4. The first-order chi connectivity index (χ1) is 23.9. The van der Waals surface area contributed by atoms with Gasteiger partial charge in [0.1, 0.15) is 0 Å². The lowest BCUT2D eigenvalue weighted by Crippen LogP contribution is -2.42. The molecule has 0 amide bonds. The summed E-state index contributed by atoms with van der Waals surface area (Å²) >= 11 is 0. The molecule has 0 fully saturated rings. The number of aryl methyl sites for hydroxylation is 3. The van der Waals surface area contributed by atoms with Gasteiger partial charge in [-0.25, -0.2) is 0 Å². The summed E-state index contributed by atoms with van der Waals surface area (Å²) in [5, 5.41) is 2.95. The Morgan fingerprint density at radius 3 is 2.10 bits per heavy atom. The van der Waals surface area contributed by atoms with E-state index in [0.717, 1.165) is 6.42 Å². The van der Waals surface area contributed by atoms with Crippen LogP contribution in [0.15, 0.2) is 77.9 Å². The van der Waals surface area contributed by atoms with Crippen LogP contribution in [0.5, 0.6) is 0 Å². The van der Waals surface area contributed by atoms with Crippen LogP contribution in [0.4, 0.5) is 0 Å². The lowest BCUT2D eigenvalue weighted by molar-refractivity contribution is 0.298. The minimum absolute atomic E-state index is 0.0885. The Hall–Kier alpha value is -3.64. The minimum atomic E-state index is -0.230. The fourth-order valence-corrected chi connectivity index (χ4v) is 12.0. The van der Waals surface area contributed by atoms with E-state index < -0.39 is 0 Å². The zero-order valence-electron chi connectivity index (χ0n) is 32.7. The lowest BCUT2D eigenvalue weighted by atomic mass is 9.55. The highest BCUT2D eigenvalue weighted by Gasteiger charge is 2.56. The number of hydrogen-bond acceptors (Lipinski definition) is 0. The van der Waals surface area contributed by atoms with Crippen molar-refractivity contribution < 1.29 is 0 Å². The lowest BCUT2D eigenvalue weighted by Gasteiger charge is -2.47. The summed E-state index contributed by atoms with van der Waals surface area (Å²) in [6.07, 6.45) is 11.4. The molecule has 0 nitrogen and oxygen atoms in total. The standard InChI is InChI=1S/C50H58/c1-12-32(13-2)35-26-38(33(14-3)15-4)45(28(5)6)50(27-35)42-21-20-37-39-25-34-18-16-17-19-36(34)46(39)49(10,11)48(37)44(42)41-24-31(9)43-30(8)22-29(7)23-40(43)47(41)50/h16-24,26-28,32-33,45H,12-15,25H2,1-11H3. The third kappa shape index (κ3) is 4.29. The summed E-state index contributed by atoms with van der Waals surface area (Å²) in [5.41, 5.74) is 22.6. The van der Waals surface area contributed by atoms with Crippen LogP contribution in [0.1, 0.15) is 131 Å². The fourth-order valence-electron chi connectivity index (χ4n) is 12.0. The van der Waals surface area contributed by atoms with Crippen LogP contribution < -0.4 is 0 Å². The second-order valence-electron chi connectivity index (χ2n) is 17.2. The van der Waals surface area contributed by atoms with Crippen LogP contribution >= 0.6 is 0 Å². The molecule has 0 saturated carbocycles. The maximum absolute atomic E-state index is 2.85. The molecule has 1 spiro atoms. The number of fused-ring (bicyclic) bond motifs is 12. The van der Waals surface area contributed by atoms with Gasteiger partial charge in [0, 0.05) is 16.7 Å². The second kappa shape index (κ2) is 11.7. The Bertz CT molecular complexity index is 2170. The maximum Gasteiger partial charge on any atom is 0.0474 e. The molecule has 4 aliphatic carbocycles. The van der Waals surface area contributed by atoms with E-state index in [9.17, 15) is 0 Å².